The summed E-state index contributed by atoms with van der Waals surface area (Å²) in [6, 6.07) is 10.2. The summed E-state index contributed by atoms with van der Waals surface area (Å²) in [7, 11) is 0. The van der Waals surface area contributed by atoms with Gasteiger partial charge in [0.25, 0.3) is 0 Å². The fraction of sp³-hybridized carbons (Fsp3) is 0.200. The Hall–Kier alpha value is -2.66. The lowest BCUT2D eigenvalue weighted by Crippen LogP contribution is -2.05. The lowest BCUT2D eigenvalue weighted by Gasteiger charge is -2.08. The molecule has 0 aliphatic heterocycles. The number of benzene rings is 1. The number of aryl methyl sites for hydroxylation is 1. The second-order valence-electron chi connectivity index (χ2n) is 6.19. The first-order valence-corrected chi connectivity index (χ1v) is 8.96. The zero-order valence-corrected chi connectivity index (χ0v) is 15.1. The molecule has 0 radical (unpaired) electrons. The van der Waals surface area contributed by atoms with E-state index in [-0.39, 0.29) is 5.82 Å². The Morgan fingerprint density at radius 3 is 2.85 bits per heavy atom. The van der Waals surface area contributed by atoms with Crippen LogP contribution in [0.2, 0.25) is 5.02 Å². The number of imidazole rings is 2. The molecule has 3 heterocycles. The molecule has 0 saturated carbocycles. The van der Waals surface area contributed by atoms with E-state index >= 15 is 0 Å². The molecule has 0 bridgehead atoms. The minimum Gasteiger partial charge on any atom is -0.325 e. The first-order chi connectivity index (χ1) is 12.7. The monoisotopic (exact) mass is 368 g/mol. The maximum atomic E-state index is 13.6. The molecule has 4 aromatic rings. The van der Waals surface area contributed by atoms with Crippen LogP contribution in [-0.2, 0) is 13.0 Å². The Labute approximate surface area is 155 Å². The molecule has 4 nitrogen and oxygen atoms in total. The average molecular weight is 369 g/mol. The molecule has 1 aromatic carbocycles. The summed E-state index contributed by atoms with van der Waals surface area (Å²) < 4.78 is 17.6. The Morgan fingerprint density at radius 2 is 2.04 bits per heavy atom. The van der Waals surface area contributed by atoms with Crippen molar-refractivity contribution in [2.24, 2.45) is 0 Å². The van der Waals surface area contributed by atoms with Crippen molar-refractivity contribution in [3.05, 3.63) is 77.2 Å². The molecule has 132 valence electrons. The van der Waals surface area contributed by atoms with Crippen molar-refractivity contribution in [3.63, 3.8) is 0 Å². The standard InChI is InChI=1S/C20H18ClFN4/c1-2-5-18-17(24-20-16(21)8-4-10-26(18)20)13-25-11-9-23-19(25)14-6-3-7-15(22)12-14/h3-4,6-12H,2,5,13H2,1H3. The summed E-state index contributed by atoms with van der Waals surface area (Å²) in [6.45, 7) is 2.70. The predicted octanol–water partition coefficient (Wildman–Crippen LogP) is 4.99. The summed E-state index contributed by atoms with van der Waals surface area (Å²) in [5, 5.41) is 0.632. The molecule has 0 atom stereocenters. The topological polar surface area (TPSA) is 35.1 Å². The van der Waals surface area contributed by atoms with Gasteiger partial charge in [-0.05, 0) is 30.7 Å². The maximum Gasteiger partial charge on any atom is 0.156 e. The predicted molar refractivity (Wildman–Crippen MR) is 101 cm³/mol. The van der Waals surface area contributed by atoms with Gasteiger partial charge in [0.1, 0.15) is 11.6 Å². The number of fused-ring (bicyclic) bond motifs is 1. The second kappa shape index (κ2) is 6.92. The third kappa shape index (κ3) is 2.99. The van der Waals surface area contributed by atoms with E-state index in [1.165, 1.54) is 12.1 Å². The molecule has 0 aliphatic carbocycles. The van der Waals surface area contributed by atoms with Crippen LogP contribution in [0.15, 0.2) is 55.0 Å². The number of rotatable bonds is 5. The SMILES string of the molecule is CCCc1c(Cn2ccnc2-c2cccc(F)c2)nc2c(Cl)cccn12. The first-order valence-electron chi connectivity index (χ1n) is 8.58. The van der Waals surface area contributed by atoms with E-state index in [0.717, 1.165) is 41.3 Å². The van der Waals surface area contributed by atoms with Gasteiger partial charge in [-0.3, -0.25) is 0 Å². The lowest BCUT2D eigenvalue weighted by atomic mass is 10.2. The van der Waals surface area contributed by atoms with Crippen molar-refractivity contribution < 1.29 is 4.39 Å². The zero-order chi connectivity index (χ0) is 18.1. The third-order valence-corrected chi connectivity index (χ3v) is 4.68. The van der Waals surface area contributed by atoms with Crippen LogP contribution in [0.1, 0.15) is 24.7 Å². The van der Waals surface area contributed by atoms with Crippen LogP contribution < -0.4 is 0 Å². The fourth-order valence-corrected chi connectivity index (χ4v) is 3.45. The van der Waals surface area contributed by atoms with E-state index in [1.807, 2.05) is 35.2 Å². The van der Waals surface area contributed by atoms with Crippen LogP contribution in [0.25, 0.3) is 17.0 Å². The van der Waals surface area contributed by atoms with Crippen LogP contribution in [0.4, 0.5) is 4.39 Å². The molecule has 3 aromatic heterocycles. The van der Waals surface area contributed by atoms with E-state index in [2.05, 4.69) is 16.3 Å². The molecule has 0 amide bonds. The minimum absolute atomic E-state index is 0.275. The molecule has 0 unspecified atom stereocenters. The smallest absolute Gasteiger partial charge is 0.156 e. The van der Waals surface area contributed by atoms with Crippen molar-refractivity contribution in [1.29, 1.82) is 0 Å². The van der Waals surface area contributed by atoms with Gasteiger partial charge in [-0.25, -0.2) is 14.4 Å². The third-order valence-electron chi connectivity index (χ3n) is 4.39. The highest BCUT2D eigenvalue weighted by molar-refractivity contribution is 6.33. The Morgan fingerprint density at radius 1 is 1.15 bits per heavy atom. The van der Waals surface area contributed by atoms with Gasteiger partial charge < -0.3 is 8.97 Å². The summed E-state index contributed by atoms with van der Waals surface area (Å²) >= 11 is 6.32. The first kappa shape index (κ1) is 16.8. The van der Waals surface area contributed by atoms with Crippen molar-refractivity contribution in [2.45, 2.75) is 26.3 Å². The van der Waals surface area contributed by atoms with Gasteiger partial charge in [0.05, 0.1) is 17.3 Å². The summed E-state index contributed by atoms with van der Waals surface area (Å²) in [6.07, 6.45) is 7.52. The molecule has 4 rings (SSSR count). The normalized spacial score (nSPS) is 11.3. The molecule has 0 aliphatic rings. The lowest BCUT2D eigenvalue weighted by molar-refractivity contribution is 0.628. The zero-order valence-electron chi connectivity index (χ0n) is 14.4. The molecular weight excluding hydrogens is 351 g/mol. The minimum atomic E-state index is -0.275. The highest BCUT2D eigenvalue weighted by Crippen LogP contribution is 2.24. The van der Waals surface area contributed by atoms with Gasteiger partial charge in [-0.1, -0.05) is 37.1 Å². The van der Waals surface area contributed by atoms with Gasteiger partial charge in [0.2, 0.25) is 0 Å². The van der Waals surface area contributed by atoms with Crippen LogP contribution >= 0.6 is 11.6 Å². The number of halogens is 2. The van der Waals surface area contributed by atoms with E-state index < -0.39 is 0 Å². The summed E-state index contributed by atoms with van der Waals surface area (Å²) in [5.41, 5.74) is 3.60. The average Bonchev–Trinajstić information content (AvgIpc) is 3.22. The Bertz CT molecular complexity index is 1070. The van der Waals surface area contributed by atoms with E-state index in [1.54, 1.807) is 12.3 Å². The van der Waals surface area contributed by atoms with Gasteiger partial charge in [-0.2, -0.15) is 0 Å². The van der Waals surface area contributed by atoms with Gasteiger partial charge in [0.15, 0.2) is 5.65 Å². The largest absolute Gasteiger partial charge is 0.325 e. The van der Waals surface area contributed by atoms with Gasteiger partial charge in [-0.15, -0.1) is 0 Å². The van der Waals surface area contributed by atoms with Crippen molar-refractivity contribution in [2.75, 3.05) is 0 Å². The van der Waals surface area contributed by atoms with E-state index in [0.29, 0.717) is 11.6 Å². The molecule has 0 saturated heterocycles. The van der Waals surface area contributed by atoms with Crippen molar-refractivity contribution >= 4 is 17.2 Å². The van der Waals surface area contributed by atoms with Crippen LogP contribution in [0.5, 0.6) is 0 Å². The number of nitrogens with zero attached hydrogens (tertiary/aromatic N) is 4. The highest BCUT2D eigenvalue weighted by Gasteiger charge is 2.16. The van der Waals surface area contributed by atoms with Crippen molar-refractivity contribution in [1.82, 2.24) is 18.9 Å². The highest BCUT2D eigenvalue weighted by atomic mass is 35.5. The molecule has 0 spiro atoms. The van der Waals surface area contributed by atoms with Crippen LogP contribution in [0, 0.1) is 5.82 Å². The van der Waals surface area contributed by atoms with Gasteiger partial charge >= 0.3 is 0 Å². The molecule has 0 N–H and O–H groups in total. The van der Waals surface area contributed by atoms with E-state index in [4.69, 9.17) is 16.6 Å². The number of pyridine rings is 1. The molecule has 26 heavy (non-hydrogen) atoms. The van der Waals surface area contributed by atoms with Crippen LogP contribution in [0.3, 0.4) is 0 Å². The summed E-state index contributed by atoms with van der Waals surface area (Å²) in [4.78, 5) is 9.17. The molecule has 0 fully saturated rings. The molecular formula is C20H18ClFN4. The van der Waals surface area contributed by atoms with E-state index in [9.17, 15) is 4.39 Å². The fourth-order valence-electron chi connectivity index (χ4n) is 3.24. The quantitative estimate of drug-likeness (QED) is 0.497. The number of aromatic nitrogens is 4. The second-order valence-corrected chi connectivity index (χ2v) is 6.60. The Kier molecular flexibility index (Phi) is 4.47. The van der Waals surface area contributed by atoms with Crippen molar-refractivity contribution in [3.8, 4) is 11.4 Å². The van der Waals surface area contributed by atoms with Crippen LogP contribution in [-0.4, -0.2) is 18.9 Å². The number of hydrogen-bond acceptors (Lipinski definition) is 2. The van der Waals surface area contributed by atoms with Gasteiger partial charge in [0, 0.05) is 29.8 Å². The molecule has 6 heteroatoms. The summed E-state index contributed by atoms with van der Waals surface area (Å²) in [5.74, 6) is 0.443. The Balaban J connectivity index is 1.78. The maximum absolute atomic E-state index is 13.6. The number of hydrogen-bond donors (Lipinski definition) is 0.